The predicted molar refractivity (Wildman–Crippen MR) is 117 cm³/mol. The number of amides is 1. The quantitative estimate of drug-likeness (QED) is 0.448. The molecule has 0 aliphatic carbocycles. The molecule has 1 aliphatic heterocycles. The minimum atomic E-state index is -1.04. The molecule has 0 radical (unpaired) electrons. The van der Waals surface area contributed by atoms with Gasteiger partial charge in [-0.15, -0.1) is 6.58 Å². The standard InChI is InChI=1S/C23H25ClN2O4/c1-2-12-23(22(28)25-15-17-4-8-19(24)9-5-17)16-30-21(26-23)18-6-10-20(11-7-18)29-14-3-13-27/h2,4-11,27H,1,3,12-16H2,(H,25,28)/t23-/m1/s1. The third kappa shape index (κ3) is 5.40. The zero-order chi connectivity index (χ0) is 21.4. The summed E-state index contributed by atoms with van der Waals surface area (Å²) in [6.07, 6.45) is 2.62. The van der Waals surface area contributed by atoms with E-state index in [4.69, 9.17) is 26.2 Å². The molecule has 0 bridgehead atoms. The van der Waals surface area contributed by atoms with Crippen molar-refractivity contribution in [2.45, 2.75) is 24.9 Å². The van der Waals surface area contributed by atoms with E-state index in [-0.39, 0.29) is 19.1 Å². The number of carbonyl (C=O) groups excluding carboxylic acids is 1. The van der Waals surface area contributed by atoms with E-state index in [9.17, 15) is 4.79 Å². The van der Waals surface area contributed by atoms with Crippen molar-refractivity contribution in [3.63, 3.8) is 0 Å². The van der Waals surface area contributed by atoms with Crippen molar-refractivity contribution in [3.8, 4) is 5.75 Å². The summed E-state index contributed by atoms with van der Waals surface area (Å²) in [4.78, 5) is 17.6. The molecule has 0 aromatic heterocycles. The summed E-state index contributed by atoms with van der Waals surface area (Å²) in [5, 5.41) is 12.4. The highest BCUT2D eigenvalue weighted by molar-refractivity contribution is 6.30. The van der Waals surface area contributed by atoms with Crippen LogP contribution in [0.5, 0.6) is 5.75 Å². The van der Waals surface area contributed by atoms with Gasteiger partial charge in [0.25, 0.3) is 5.91 Å². The minimum absolute atomic E-state index is 0.0915. The maximum Gasteiger partial charge on any atom is 0.252 e. The molecular formula is C23H25ClN2O4. The van der Waals surface area contributed by atoms with Crippen molar-refractivity contribution < 1.29 is 19.4 Å². The lowest BCUT2D eigenvalue weighted by Gasteiger charge is -2.21. The van der Waals surface area contributed by atoms with Crippen LogP contribution in [-0.2, 0) is 16.1 Å². The SMILES string of the molecule is C=CC[C@]1(C(=O)NCc2ccc(Cl)cc2)COC(c2ccc(OCCCO)cc2)=N1. The van der Waals surface area contributed by atoms with Crippen LogP contribution in [0.25, 0.3) is 0 Å². The van der Waals surface area contributed by atoms with E-state index < -0.39 is 5.54 Å². The first kappa shape index (κ1) is 21.9. The monoisotopic (exact) mass is 428 g/mol. The van der Waals surface area contributed by atoms with Crippen LogP contribution in [0.3, 0.4) is 0 Å². The van der Waals surface area contributed by atoms with Crippen LogP contribution < -0.4 is 10.1 Å². The first-order valence-corrected chi connectivity index (χ1v) is 10.1. The maximum atomic E-state index is 13.0. The van der Waals surface area contributed by atoms with Crippen LogP contribution in [0.4, 0.5) is 0 Å². The lowest BCUT2D eigenvalue weighted by Crippen LogP contribution is -2.46. The van der Waals surface area contributed by atoms with E-state index >= 15 is 0 Å². The average Bonchev–Trinajstić information content (AvgIpc) is 3.19. The number of rotatable bonds is 10. The van der Waals surface area contributed by atoms with Gasteiger partial charge < -0.3 is 19.9 Å². The van der Waals surface area contributed by atoms with Gasteiger partial charge in [-0.2, -0.15) is 0 Å². The average molecular weight is 429 g/mol. The summed E-state index contributed by atoms with van der Waals surface area (Å²) in [7, 11) is 0. The molecule has 0 spiro atoms. The van der Waals surface area contributed by atoms with Crippen molar-refractivity contribution in [1.29, 1.82) is 0 Å². The number of halogens is 1. The number of hydrogen-bond acceptors (Lipinski definition) is 5. The van der Waals surface area contributed by atoms with E-state index in [2.05, 4.69) is 16.9 Å². The number of aliphatic hydroxyl groups excluding tert-OH is 1. The van der Waals surface area contributed by atoms with Gasteiger partial charge in [0.15, 0.2) is 5.54 Å². The summed E-state index contributed by atoms with van der Waals surface area (Å²) in [6, 6.07) is 14.6. The predicted octanol–water partition coefficient (Wildman–Crippen LogP) is 3.51. The van der Waals surface area contributed by atoms with Crippen LogP contribution in [-0.4, -0.2) is 42.3 Å². The Balaban J connectivity index is 1.69. The number of carbonyl (C=O) groups is 1. The molecule has 0 unspecified atom stereocenters. The summed E-state index contributed by atoms with van der Waals surface area (Å²) in [5.41, 5.74) is 0.669. The zero-order valence-electron chi connectivity index (χ0n) is 16.6. The van der Waals surface area contributed by atoms with Gasteiger partial charge >= 0.3 is 0 Å². The van der Waals surface area contributed by atoms with E-state index in [0.29, 0.717) is 42.7 Å². The van der Waals surface area contributed by atoms with Crippen molar-refractivity contribution in [2.75, 3.05) is 19.8 Å². The molecule has 2 aromatic carbocycles. The molecule has 30 heavy (non-hydrogen) atoms. The van der Waals surface area contributed by atoms with Crippen LogP contribution in [0.1, 0.15) is 24.0 Å². The van der Waals surface area contributed by atoms with E-state index in [0.717, 1.165) is 11.1 Å². The summed E-state index contributed by atoms with van der Waals surface area (Å²) in [5.74, 6) is 0.903. The Labute approximate surface area is 181 Å². The third-order valence-electron chi connectivity index (χ3n) is 4.71. The van der Waals surface area contributed by atoms with Crippen LogP contribution in [0.15, 0.2) is 66.2 Å². The number of aliphatic imine (C=N–C) groups is 1. The van der Waals surface area contributed by atoms with Gasteiger partial charge in [0.1, 0.15) is 12.4 Å². The van der Waals surface area contributed by atoms with Crippen LogP contribution >= 0.6 is 11.6 Å². The Bertz CT molecular complexity index is 896. The van der Waals surface area contributed by atoms with E-state index in [1.807, 2.05) is 36.4 Å². The molecule has 158 valence electrons. The molecule has 6 nitrogen and oxygen atoms in total. The van der Waals surface area contributed by atoms with Crippen LogP contribution in [0, 0.1) is 0 Å². The maximum absolute atomic E-state index is 13.0. The largest absolute Gasteiger partial charge is 0.494 e. The molecule has 0 saturated heterocycles. The first-order chi connectivity index (χ1) is 14.6. The topological polar surface area (TPSA) is 80.2 Å². The van der Waals surface area contributed by atoms with Crippen molar-refractivity contribution in [3.05, 3.63) is 77.3 Å². The molecule has 3 rings (SSSR count). The Hall–Kier alpha value is -2.83. The number of nitrogens with zero attached hydrogens (tertiary/aromatic N) is 1. The molecule has 2 N–H and O–H groups in total. The molecule has 1 aliphatic rings. The van der Waals surface area contributed by atoms with Gasteiger partial charge in [-0.05, 0) is 42.0 Å². The van der Waals surface area contributed by atoms with Gasteiger partial charge in [-0.25, -0.2) is 4.99 Å². The highest BCUT2D eigenvalue weighted by atomic mass is 35.5. The first-order valence-electron chi connectivity index (χ1n) is 9.77. The molecule has 7 heteroatoms. The summed E-state index contributed by atoms with van der Waals surface area (Å²) in [6.45, 7) is 4.83. The number of nitrogens with one attached hydrogen (secondary N) is 1. The van der Waals surface area contributed by atoms with Crippen molar-refractivity contribution >= 4 is 23.4 Å². The highest BCUT2D eigenvalue weighted by Gasteiger charge is 2.43. The van der Waals surface area contributed by atoms with Gasteiger partial charge in [-0.3, -0.25) is 4.79 Å². The minimum Gasteiger partial charge on any atom is -0.494 e. The molecule has 1 atom stereocenters. The summed E-state index contributed by atoms with van der Waals surface area (Å²) < 4.78 is 11.3. The second-order valence-corrected chi connectivity index (χ2v) is 7.43. The normalized spacial score (nSPS) is 17.7. The molecule has 0 fully saturated rings. The number of ether oxygens (including phenoxy) is 2. The molecule has 1 amide bonds. The van der Waals surface area contributed by atoms with Crippen molar-refractivity contribution in [1.82, 2.24) is 5.32 Å². The lowest BCUT2D eigenvalue weighted by molar-refractivity contribution is -0.126. The van der Waals surface area contributed by atoms with Gasteiger partial charge in [0.2, 0.25) is 5.90 Å². The zero-order valence-corrected chi connectivity index (χ0v) is 17.4. The Morgan fingerprint density at radius 3 is 2.67 bits per heavy atom. The summed E-state index contributed by atoms with van der Waals surface area (Å²) >= 11 is 5.91. The molecular weight excluding hydrogens is 404 g/mol. The fourth-order valence-corrected chi connectivity index (χ4v) is 3.17. The van der Waals surface area contributed by atoms with Crippen molar-refractivity contribution in [2.24, 2.45) is 4.99 Å². The lowest BCUT2D eigenvalue weighted by atomic mass is 9.96. The number of hydrogen-bond donors (Lipinski definition) is 2. The second-order valence-electron chi connectivity index (χ2n) is 6.99. The number of benzene rings is 2. The van der Waals surface area contributed by atoms with Gasteiger partial charge in [-0.1, -0.05) is 29.8 Å². The Kier molecular flexibility index (Phi) is 7.49. The fraction of sp³-hybridized carbons (Fsp3) is 0.304. The Morgan fingerprint density at radius 1 is 1.27 bits per heavy atom. The molecule has 0 saturated carbocycles. The fourth-order valence-electron chi connectivity index (χ4n) is 3.04. The van der Waals surface area contributed by atoms with E-state index in [1.54, 1.807) is 18.2 Å². The van der Waals surface area contributed by atoms with Gasteiger partial charge in [0, 0.05) is 36.6 Å². The smallest absolute Gasteiger partial charge is 0.252 e. The molecule has 2 aromatic rings. The van der Waals surface area contributed by atoms with Crippen LogP contribution in [0.2, 0.25) is 5.02 Å². The number of aliphatic hydroxyl groups is 1. The third-order valence-corrected chi connectivity index (χ3v) is 4.96. The highest BCUT2D eigenvalue weighted by Crippen LogP contribution is 2.27. The second kappa shape index (κ2) is 10.3. The van der Waals surface area contributed by atoms with E-state index in [1.165, 1.54) is 0 Å². The molecule has 1 heterocycles. The Morgan fingerprint density at radius 2 is 2.00 bits per heavy atom. The van der Waals surface area contributed by atoms with Gasteiger partial charge in [0.05, 0.1) is 6.61 Å².